The van der Waals surface area contributed by atoms with Crippen molar-refractivity contribution in [3.8, 4) is 0 Å². The second-order valence-electron chi connectivity index (χ2n) is 7.96. The van der Waals surface area contributed by atoms with Crippen LogP contribution in [-0.2, 0) is 4.79 Å². The molecule has 1 atom stereocenters. The third kappa shape index (κ3) is 7.30. The third-order valence-electron chi connectivity index (χ3n) is 5.43. The van der Waals surface area contributed by atoms with Gasteiger partial charge in [-0.25, -0.2) is 0 Å². The van der Waals surface area contributed by atoms with E-state index < -0.39 is 0 Å². The zero-order chi connectivity index (χ0) is 19.6. The Kier molecular flexibility index (Phi) is 9.34. The van der Waals surface area contributed by atoms with Crippen LogP contribution in [0, 0.1) is 0 Å². The first-order valence-corrected chi connectivity index (χ1v) is 10.8. The molecular weight excluding hydrogens is 340 g/mol. The Bertz CT molecular complexity index is 473. The van der Waals surface area contributed by atoms with E-state index in [9.17, 15) is 4.79 Å². The number of carbonyl (C=O) groups excluding carboxylic acids is 1. The van der Waals surface area contributed by atoms with E-state index in [1.165, 1.54) is 25.8 Å². The number of likely N-dealkylation sites (tertiary alicyclic amines) is 1. The van der Waals surface area contributed by atoms with Crippen LogP contribution in [0.25, 0.3) is 0 Å². The van der Waals surface area contributed by atoms with Crippen molar-refractivity contribution in [1.82, 2.24) is 25.3 Å². The molecule has 0 spiro atoms. The molecule has 27 heavy (non-hydrogen) atoms. The lowest BCUT2D eigenvalue weighted by Crippen LogP contribution is -2.54. The molecule has 2 saturated heterocycles. The van der Waals surface area contributed by atoms with Crippen LogP contribution in [0.2, 0.25) is 0 Å². The summed E-state index contributed by atoms with van der Waals surface area (Å²) in [4.78, 5) is 24.1. The summed E-state index contributed by atoms with van der Waals surface area (Å²) in [5, 5.41) is 6.44. The number of guanidine groups is 1. The average molecular weight is 381 g/mol. The molecule has 0 bridgehead atoms. The van der Waals surface area contributed by atoms with Gasteiger partial charge < -0.3 is 15.5 Å². The van der Waals surface area contributed by atoms with Gasteiger partial charge in [0.05, 0.1) is 13.1 Å². The Morgan fingerprint density at radius 1 is 1.11 bits per heavy atom. The van der Waals surface area contributed by atoms with E-state index in [1.54, 1.807) is 0 Å². The fraction of sp³-hybridized carbons (Fsp3) is 0.900. The van der Waals surface area contributed by atoms with E-state index in [0.29, 0.717) is 12.6 Å². The van der Waals surface area contributed by atoms with Crippen molar-refractivity contribution in [1.29, 1.82) is 0 Å². The molecule has 7 heteroatoms. The van der Waals surface area contributed by atoms with Crippen LogP contribution in [0.1, 0.15) is 47.0 Å². The highest BCUT2D eigenvalue weighted by Crippen LogP contribution is 2.17. The van der Waals surface area contributed by atoms with Gasteiger partial charge in [0.1, 0.15) is 0 Å². The lowest BCUT2D eigenvalue weighted by Gasteiger charge is -2.37. The minimum Gasteiger partial charge on any atom is -0.357 e. The van der Waals surface area contributed by atoms with Gasteiger partial charge in [0.15, 0.2) is 5.96 Å². The number of nitrogens with one attached hydrogen (secondary N) is 2. The van der Waals surface area contributed by atoms with Crippen molar-refractivity contribution in [3.63, 3.8) is 0 Å². The smallest absolute Gasteiger partial charge is 0.234 e. The van der Waals surface area contributed by atoms with Crippen molar-refractivity contribution in [3.05, 3.63) is 0 Å². The molecule has 0 aromatic heterocycles. The largest absolute Gasteiger partial charge is 0.357 e. The predicted molar refractivity (Wildman–Crippen MR) is 112 cm³/mol. The predicted octanol–water partition coefficient (Wildman–Crippen LogP) is 0.969. The highest BCUT2D eigenvalue weighted by molar-refractivity contribution is 5.80. The van der Waals surface area contributed by atoms with Crippen LogP contribution in [0.5, 0.6) is 0 Å². The quantitative estimate of drug-likeness (QED) is 0.509. The summed E-state index contributed by atoms with van der Waals surface area (Å²) in [6.07, 6.45) is 3.90. The fourth-order valence-electron chi connectivity index (χ4n) is 3.99. The highest BCUT2D eigenvalue weighted by atomic mass is 16.2. The summed E-state index contributed by atoms with van der Waals surface area (Å²) in [7, 11) is 0. The van der Waals surface area contributed by atoms with Crippen LogP contribution in [0.3, 0.4) is 0 Å². The number of carbonyl (C=O) groups is 1. The highest BCUT2D eigenvalue weighted by Gasteiger charge is 2.23. The van der Waals surface area contributed by atoms with E-state index in [4.69, 9.17) is 4.99 Å². The van der Waals surface area contributed by atoms with Crippen molar-refractivity contribution >= 4 is 11.9 Å². The third-order valence-corrected chi connectivity index (χ3v) is 5.43. The first kappa shape index (κ1) is 22.0. The standard InChI is InChI=1S/C20H40N6O/c1-5-21-20(22-15-18-9-7-8-10-25(18)6-2)26-13-11-24(12-14-26)16-19(27)23-17(3)4/h17-18H,5-16H2,1-4H3,(H,21,22)(H,23,27). The summed E-state index contributed by atoms with van der Waals surface area (Å²) >= 11 is 0. The Hall–Kier alpha value is -1.34. The van der Waals surface area contributed by atoms with Crippen LogP contribution in [0.15, 0.2) is 4.99 Å². The van der Waals surface area contributed by atoms with Crippen LogP contribution in [0.4, 0.5) is 0 Å². The van der Waals surface area contributed by atoms with E-state index in [-0.39, 0.29) is 11.9 Å². The van der Waals surface area contributed by atoms with Gasteiger partial charge in [-0.1, -0.05) is 13.3 Å². The van der Waals surface area contributed by atoms with E-state index in [2.05, 4.69) is 39.2 Å². The van der Waals surface area contributed by atoms with Crippen molar-refractivity contribution in [2.24, 2.45) is 4.99 Å². The molecule has 0 aromatic carbocycles. The molecule has 2 aliphatic rings. The maximum atomic E-state index is 12.0. The van der Waals surface area contributed by atoms with E-state index in [1.807, 2.05) is 13.8 Å². The monoisotopic (exact) mass is 380 g/mol. The first-order chi connectivity index (χ1) is 13.0. The number of piperazine rings is 1. The maximum Gasteiger partial charge on any atom is 0.234 e. The average Bonchev–Trinajstić information content (AvgIpc) is 2.65. The SMILES string of the molecule is CCNC(=NCC1CCCCN1CC)N1CCN(CC(=O)NC(C)C)CC1. The number of amides is 1. The van der Waals surface area contributed by atoms with Crippen LogP contribution in [-0.4, -0.2) is 97.6 Å². The lowest BCUT2D eigenvalue weighted by molar-refractivity contribution is -0.123. The van der Waals surface area contributed by atoms with Crippen molar-refractivity contribution in [2.75, 3.05) is 58.9 Å². The van der Waals surface area contributed by atoms with E-state index >= 15 is 0 Å². The van der Waals surface area contributed by atoms with Crippen LogP contribution >= 0.6 is 0 Å². The summed E-state index contributed by atoms with van der Waals surface area (Å²) < 4.78 is 0. The molecule has 2 rings (SSSR count). The van der Waals surface area contributed by atoms with Gasteiger partial charge in [0.25, 0.3) is 0 Å². The Morgan fingerprint density at radius 2 is 1.85 bits per heavy atom. The molecule has 1 unspecified atom stereocenters. The molecule has 2 aliphatic heterocycles. The van der Waals surface area contributed by atoms with Gasteiger partial charge in [0.2, 0.25) is 5.91 Å². The Balaban J connectivity index is 1.85. The molecule has 0 aromatic rings. The number of aliphatic imine (C=N–C) groups is 1. The molecule has 0 aliphatic carbocycles. The number of rotatable bonds is 7. The molecule has 0 saturated carbocycles. The summed E-state index contributed by atoms with van der Waals surface area (Å²) in [5.41, 5.74) is 0. The van der Waals surface area contributed by atoms with Gasteiger partial charge in [-0.3, -0.25) is 19.6 Å². The fourth-order valence-corrected chi connectivity index (χ4v) is 3.99. The molecule has 7 nitrogen and oxygen atoms in total. The normalized spacial score (nSPS) is 22.9. The van der Waals surface area contributed by atoms with Gasteiger partial charge in [-0.05, 0) is 46.7 Å². The van der Waals surface area contributed by atoms with Gasteiger partial charge >= 0.3 is 0 Å². The van der Waals surface area contributed by atoms with Gasteiger partial charge in [0, 0.05) is 44.8 Å². The number of likely N-dealkylation sites (N-methyl/N-ethyl adjacent to an activating group) is 1. The lowest BCUT2D eigenvalue weighted by atomic mass is 10.0. The first-order valence-electron chi connectivity index (χ1n) is 10.8. The number of nitrogens with zero attached hydrogens (tertiary/aromatic N) is 4. The maximum absolute atomic E-state index is 12.0. The number of hydrogen-bond donors (Lipinski definition) is 2. The molecule has 2 N–H and O–H groups in total. The number of piperidine rings is 1. The Labute approximate surface area is 165 Å². The van der Waals surface area contributed by atoms with Crippen LogP contribution < -0.4 is 10.6 Å². The molecule has 156 valence electrons. The summed E-state index contributed by atoms with van der Waals surface area (Å²) in [6, 6.07) is 0.784. The molecule has 0 radical (unpaired) electrons. The minimum absolute atomic E-state index is 0.121. The zero-order valence-electron chi connectivity index (χ0n) is 17.8. The second kappa shape index (κ2) is 11.5. The van der Waals surface area contributed by atoms with Gasteiger partial charge in [-0.2, -0.15) is 0 Å². The minimum atomic E-state index is 0.121. The summed E-state index contributed by atoms with van der Waals surface area (Å²) in [5.74, 6) is 1.15. The van der Waals surface area contributed by atoms with E-state index in [0.717, 1.165) is 51.8 Å². The van der Waals surface area contributed by atoms with Gasteiger partial charge in [-0.15, -0.1) is 0 Å². The number of hydrogen-bond acceptors (Lipinski definition) is 4. The second-order valence-corrected chi connectivity index (χ2v) is 7.96. The molecule has 2 fully saturated rings. The Morgan fingerprint density at radius 3 is 2.48 bits per heavy atom. The molecule has 2 heterocycles. The zero-order valence-corrected chi connectivity index (χ0v) is 17.8. The van der Waals surface area contributed by atoms with Crippen molar-refractivity contribution in [2.45, 2.75) is 59.0 Å². The molecule has 1 amide bonds. The topological polar surface area (TPSA) is 63.2 Å². The van der Waals surface area contributed by atoms with Crippen molar-refractivity contribution < 1.29 is 4.79 Å². The summed E-state index contributed by atoms with van der Waals surface area (Å²) in [6.45, 7) is 16.6. The molecular formula is C20H40N6O.